The fourth-order valence-electron chi connectivity index (χ4n) is 1.65. The second-order valence-electron chi connectivity index (χ2n) is 3.85. The maximum Gasteiger partial charge on any atom is 0.127 e. The molecule has 18 heavy (non-hydrogen) atoms. The lowest BCUT2D eigenvalue weighted by Gasteiger charge is -2.02. The second-order valence-corrected chi connectivity index (χ2v) is 5.71. The standard InChI is InChI=1S/C13H11N3S2/c14-10-3-1-9(2-4-10)7-18-13-11-5-6-17-12(11)15-8-16-13/h1-6,8H,7,14H2. The lowest BCUT2D eigenvalue weighted by molar-refractivity contribution is 1.11. The minimum Gasteiger partial charge on any atom is -0.399 e. The van der Waals surface area contributed by atoms with E-state index in [1.54, 1.807) is 29.4 Å². The summed E-state index contributed by atoms with van der Waals surface area (Å²) < 4.78 is 0. The largest absolute Gasteiger partial charge is 0.399 e. The third kappa shape index (κ3) is 2.32. The Labute approximate surface area is 113 Å². The average Bonchev–Trinajstić information content (AvgIpc) is 2.87. The van der Waals surface area contributed by atoms with E-state index in [9.17, 15) is 0 Å². The van der Waals surface area contributed by atoms with E-state index in [0.29, 0.717) is 0 Å². The van der Waals surface area contributed by atoms with Gasteiger partial charge in [0.15, 0.2) is 0 Å². The van der Waals surface area contributed by atoms with Gasteiger partial charge < -0.3 is 5.73 Å². The van der Waals surface area contributed by atoms with E-state index in [2.05, 4.69) is 16.0 Å². The minimum absolute atomic E-state index is 0.797. The highest BCUT2D eigenvalue weighted by atomic mass is 32.2. The fraction of sp³-hybridized carbons (Fsp3) is 0.0769. The first-order chi connectivity index (χ1) is 8.83. The van der Waals surface area contributed by atoms with Crippen LogP contribution in [0.3, 0.4) is 0 Å². The first-order valence-corrected chi connectivity index (χ1v) is 7.35. The van der Waals surface area contributed by atoms with E-state index in [1.807, 2.05) is 29.6 Å². The molecule has 3 rings (SSSR count). The third-order valence-corrected chi connectivity index (χ3v) is 4.48. The summed E-state index contributed by atoms with van der Waals surface area (Å²) in [5.41, 5.74) is 7.71. The van der Waals surface area contributed by atoms with Crippen LogP contribution in [0.15, 0.2) is 47.1 Å². The number of anilines is 1. The zero-order chi connectivity index (χ0) is 12.4. The molecule has 1 aromatic carbocycles. The molecular weight excluding hydrogens is 262 g/mol. The van der Waals surface area contributed by atoms with Crippen LogP contribution in [0.2, 0.25) is 0 Å². The van der Waals surface area contributed by atoms with Gasteiger partial charge in [-0.1, -0.05) is 12.1 Å². The summed E-state index contributed by atoms with van der Waals surface area (Å²) in [6.07, 6.45) is 1.63. The van der Waals surface area contributed by atoms with E-state index in [0.717, 1.165) is 26.7 Å². The number of nitrogen functional groups attached to an aromatic ring is 1. The topological polar surface area (TPSA) is 51.8 Å². The summed E-state index contributed by atoms with van der Waals surface area (Å²) >= 11 is 3.37. The Bertz CT molecular complexity index is 661. The Morgan fingerprint density at radius 1 is 1.11 bits per heavy atom. The van der Waals surface area contributed by atoms with E-state index < -0.39 is 0 Å². The van der Waals surface area contributed by atoms with Gasteiger partial charge in [0.05, 0.1) is 0 Å². The average molecular weight is 273 g/mol. The monoisotopic (exact) mass is 273 g/mol. The maximum absolute atomic E-state index is 5.67. The lowest BCUT2D eigenvalue weighted by atomic mass is 10.2. The molecule has 0 radical (unpaired) electrons. The van der Waals surface area contributed by atoms with Crippen LogP contribution in [0.5, 0.6) is 0 Å². The summed E-state index contributed by atoms with van der Waals surface area (Å²) in [5, 5.41) is 4.23. The smallest absolute Gasteiger partial charge is 0.127 e. The quantitative estimate of drug-likeness (QED) is 0.450. The van der Waals surface area contributed by atoms with Crippen LogP contribution in [0, 0.1) is 0 Å². The second kappa shape index (κ2) is 4.96. The molecule has 2 aromatic heterocycles. The summed E-state index contributed by atoms with van der Waals surface area (Å²) in [4.78, 5) is 9.64. The van der Waals surface area contributed by atoms with Crippen LogP contribution in [-0.4, -0.2) is 9.97 Å². The summed E-state index contributed by atoms with van der Waals surface area (Å²) in [6, 6.07) is 10.0. The number of aromatic nitrogens is 2. The number of rotatable bonds is 3. The van der Waals surface area contributed by atoms with Crippen molar-refractivity contribution in [2.75, 3.05) is 5.73 Å². The van der Waals surface area contributed by atoms with Gasteiger partial charge in [0.2, 0.25) is 0 Å². The van der Waals surface area contributed by atoms with Gasteiger partial charge in [0.1, 0.15) is 16.2 Å². The molecule has 0 saturated carbocycles. The summed E-state index contributed by atoms with van der Waals surface area (Å²) in [7, 11) is 0. The molecule has 2 N–H and O–H groups in total. The molecule has 0 aliphatic heterocycles. The van der Waals surface area contributed by atoms with Crippen molar-refractivity contribution in [1.29, 1.82) is 0 Å². The van der Waals surface area contributed by atoms with E-state index in [4.69, 9.17) is 5.73 Å². The van der Waals surface area contributed by atoms with E-state index in [-0.39, 0.29) is 0 Å². The molecule has 0 saturated heterocycles. The molecule has 0 aliphatic carbocycles. The van der Waals surface area contributed by atoms with E-state index in [1.165, 1.54) is 5.56 Å². The van der Waals surface area contributed by atoms with Crippen LogP contribution in [0.25, 0.3) is 10.2 Å². The molecule has 0 amide bonds. The van der Waals surface area contributed by atoms with Crippen molar-refractivity contribution in [2.45, 2.75) is 10.8 Å². The predicted molar refractivity (Wildman–Crippen MR) is 77.8 cm³/mol. The Kier molecular flexibility index (Phi) is 3.17. The van der Waals surface area contributed by atoms with Crippen molar-refractivity contribution in [3.05, 3.63) is 47.6 Å². The zero-order valence-corrected chi connectivity index (χ0v) is 11.2. The van der Waals surface area contributed by atoms with Crippen molar-refractivity contribution in [2.24, 2.45) is 0 Å². The fourth-order valence-corrected chi connectivity index (χ4v) is 3.38. The molecule has 2 heterocycles. The van der Waals surface area contributed by atoms with Crippen molar-refractivity contribution < 1.29 is 0 Å². The first kappa shape index (κ1) is 11.5. The molecule has 0 fully saturated rings. The SMILES string of the molecule is Nc1ccc(CSc2ncnc3sccc23)cc1. The number of thiophene rings is 1. The molecule has 5 heteroatoms. The van der Waals surface area contributed by atoms with Gasteiger partial charge >= 0.3 is 0 Å². The van der Waals surface area contributed by atoms with Crippen molar-refractivity contribution in [1.82, 2.24) is 9.97 Å². The molecule has 0 atom stereocenters. The Hall–Kier alpha value is -1.59. The van der Waals surface area contributed by atoms with Gasteiger partial charge in [0.25, 0.3) is 0 Å². The molecule has 3 nitrogen and oxygen atoms in total. The number of fused-ring (bicyclic) bond motifs is 1. The van der Waals surface area contributed by atoms with Crippen molar-refractivity contribution in [3.8, 4) is 0 Å². The normalized spacial score (nSPS) is 10.9. The number of hydrogen-bond donors (Lipinski definition) is 1. The molecule has 0 bridgehead atoms. The van der Waals surface area contributed by atoms with Crippen molar-refractivity contribution in [3.63, 3.8) is 0 Å². The first-order valence-electron chi connectivity index (χ1n) is 5.48. The molecule has 3 aromatic rings. The molecule has 90 valence electrons. The van der Waals surface area contributed by atoms with E-state index >= 15 is 0 Å². The molecule has 0 unspecified atom stereocenters. The van der Waals surface area contributed by atoms with Gasteiger partial charge in [0, 0.05) is 16.8 Å². The zero-order valence-electron chi connectivity index (χ0n) is 9.54. The number of thioether (sulfide) groups is 1. The number of hydrogen-bond acceptors (Lipinski definition) is 5. The number of nitrogens with zero attached hydrogens (tertiary/aromatic N) is 2. The highest BCUT2D eigenvalue weighted by molar-refractivity contribution is 7.98. The van der Waals surface area contributed by atoms with Crippen LogP contribution < -0.4 is 5.73 Å². The Morgan fingerprint density at radius 2 is 1.94 bits per heavy atom. The number of benzene rings is 1. The van der Waals surface area contributed by atoms with Gasteiger partial charge in [-0.3, -0.25) is 0 Å². The Morgan fingerprint density at radius 3 is 2.78 bits per heavy atom. The predicted octanol–water partition coefficient (Wildman–Crippen LogP) is 3.57. The van der Waals surface area contributed by atoms with Crippen molar-refractivity contribution >= 4 is 39.0 Å². The van der Waals surface area contributed by atoms with Gasteiger partial charge in [-0.05, 0) is 29.1 Å². The summed E-state index contributed by atoms with van der Waals surface area (Å²) in [6.45, 7) is 0. The third-order valence-electron chi connectivity index (χ3n) is 2.58. The minimum atomic E-state index is 0.797. The van der Waals surface area contributed by atoms with Crippen LogP contribution >= 0.6 is 23.1 Å². The van der Waals surface area contributed by atoms with Crippen LogP contribution in [0.4, 0.5) is 5.69 Å². The van der Waals surface area contributed by atoms with Gasteiger partial charge in [-0.25, -0.2) is 9.97 Å². The number of nitrogens with two attached hydrogens (primary N) is 1. The van der Waals surface area contributed by atoms with Crippen LogP contribution in [-0.2, 0) is 5.75 Å². The Balaban J connectivity index is 1.80. The van der Waals surface area contributed by atoms with Crippen LogP contribution in [0.1, 0.15) is 5.56 Å². The highest BCUT2D eigenvalue weighted by Gasteiger charge is 2.05. The highest BCUT2D eigenvalue weighted by Crippen LogP contribution is 2.29. The summed E-state index contributed by atoms with van der Waals surface area (Å²) in [5.74, 6) is 0.891. The molecule has 0 spiro atoms. The lowest BCUT2D eigenvalue weighted by Crippen LogP contribution is -1.87. The molecular formula is C13H11N3S2. The molecule has 0 aliphatic rings. The van der Waals surface area contributed by atoms with Gasteiger partial charge in [-0.15, -0.1) is 23.1 Å². The van der Waals surface area contributed by atoms with Gasteiger partial charge in [-0.2, -0.15) is 0 Å². The maximum atomic E-state index is 5.67.